The molecular weight excluding hydrogens is 186 g/mol. The molecular formula is C13H23NO. The Balaban J connectivity index is 2.03. The Bertz CT molecular complexity index is 257. The predicted octanol–water partition coefficient (Wildman–Crippen LogP) is 2.70. The van der Waals surface area contributed by atoms with E-state index in [2.05, 4.69) is 32.2 Å². The molecule has 0 aromatic rings. The van der Waals surface area contributed by atoms with E-state index in [4.69, 9.17) is 4.74 Å². The molecule has 1 aliphatic carbocycles. The minimum atomic E-state index is 0.463. The number of allylic oxidation sites excluding steroid dienone is 1. The summed E-state index contributed by atoms with van der Waals surface area (Å²) < 4.78 is 5.79. The molecule has 0 radical (unpaired) electrons. The number of likely N-dealkylation sites (N-methyl/N-ethyl adjacent to an activating group) is 1. The summed E-state index contributed by atoms with van der Waals surface area (Å²) in [5.41, 5.74) is 0.508. The third kappa shape index (κ3) is 2.36. The number of hydrogen-bond donors (Lipinski definition) is 1. The largest absolute Gasteiger partial charge is 0.497 e. The van der Waals surface area contributed by atoms with Gasteiger partial charge in [0.15, 0.2) is 0 Å². The van der Waals surface area contributed by atoms with Crippen LogP contribution in [-0.4, -0.2) is 19.2 Å². The van der Waals surface area contributed by atoms with Gasteiger partial charge in [-0.1, -0.05) is 20.8 Å². The highest BCUT2D eigenvalue weighted by Gasteiger charge is 2.51. The van der Waals surface area contributed by atoms with Crippen LogP contribution in [0.15, 0.2) is 11.8 Å². The van der Waals surface area contributed by atoms with Crippen LogP contribution in [0.5, 0.6) is 0 Å². The third-order valence-corrected chi connectivity index (χ3v) is 3.69. The van der Waals surface area contributed by atoms with Crippen molar-refractivity contribution in [1.82, 2.24) is 5.32 Å². The van der Waals surface area contributed by atoms with Crippen LogP contribution in [-0.2, 0) is 4.74 Å². The van der Waals surface area contributed by atoms with E-state index >= 15 is 0 Å². The molecule has 2 aliphatic rings. The van der Waals surface area contributed by atoms with Crippen molar-refractivity contribution in [2.24, 2.45) is 11.3 Å². The van der Waals surface area contributed by atoms with E-state index in [0.717, 1.165) is 19.1 Å². The van der Waals surface area contributed by atoms with E-state index in [1.165, 1.54) is 25.0 Å². The molecule has 1 heterocycles. The Morgan fingerprint density at radius 3 is 2.80 bits per heavy atom. The van der Waals surface area contributed by atoms with Gasteiger partial charge in [-0.15, -0.1) is 0 Å². The molecule has 0 aromatic heterocycles. The maximum atomic E-state index is 5.79. The van der Waals surface area contributed by atoms with E-state index in [-0.39, 0.29) is 0 Å². The average molecular weight is 209 g/mol. The fraction of sp³-hybridized carbons (Fsp3) is 0.846. The summed E-state index contributed by atoms with van der Waals surface area (Å²) in [6.07, 6.45) is 5.97. The molecule has 1 fully saturated rings. The average Bonchev–Trinajstić information content (AvgIpc) is 2.85. The van der Waals surface area contributed by atoms with Gasteiger partial charge in [0.2, 0.25) is 0 Å². The van der Waals surface area contributed by atoms with Gasteiger partial charge < -0.3 is 10.1 Å². The predicted molar refractivity (Wildman–Crippen MR) is 62.6 cm³/mol. The van der Waals surface area contributed by atoms with Crippen molar-refractivity contribution in [2.45, 2.75) is 46.1 Å². The fourth-order valence-electron chi connectivity index (χ4n) is 2.53. The smallest absolute Gasteiger partial charge is 0.109 e. The lowest BCUT2D eigenvalue weighted by Crippen LogP contribution is -2.36. The first-order valence-corrected chi connectivity index (χ1v) is 6.21. The minimum absolute atomic E-state index is 0.463. The highest BCUT2D eigenvalue weighted by atomic mass is 16.5. The number of hydrogen-bond acceptors (Lipinski definition) is 2. The number of ether oxygens (including phenoxy) is 1. The first kappa shape index (κ1) is 11.0. The molecule has 86 valence electrons. The zero-order valence-corrected chi connectivity index (χ0v) is 10.2. The van der Waals surface area contributed by atoms with Gasteiger partial charge in [0.05, 0.1) is 12.6 Å². The second kappa shape index (κ2) is 4.17. The van der Waals surface area contributed by atoms with E-state index in [1.807, 2.05) is 0 Å². The van der Waals surface area contributed by atoms with E-state index in [0.29, 0.717) is 11.5 Å². The van der Waals surface area contributed by atoms with Gasteiger partial charge in [-0.05, 0) is 43.2 Å². The molecule has 0 saturated heterocycles. The third-order valence-electron chi connectivity index (χ3n) is 3.69. The van der Waals surface area contributed by atoms with Crippen LogP contribution >= 0.6 is 0 Å². The Labute approximate surface area is 93.1 Å². The highest BCUT2D eigenvalue weighted by Crippen LogP contribution is 2.55. The molecule has 1 N–H and O–H groups in total. The van der Waals surface area contributed by atoms with Crippen LogP contribution in [0, 0.1) is 11.3 Å². The molecule has 1 saturated carbocycles. The summed E-state index contributed by atoms with van der Waals surface area (Å²) in [6, 6.07) is 0.463. The minimum Gasteiger partial charge on any atom is -0.497 e. The molecule has 0 spiro atoms. The summed E-state index contributed by atoms with van der Waals surface area (Å²) in [4.78, 5) is 0. The summed E-state index contributed by atoms with van der Waals surface area (Å²) in [7, 11) is 0. The van der Waals surface area contributed by atoms with Gasteiger partial charge >= 0.3 is 0 Å². The molecule has 2 rings (SSSR count). The summed E-state index contributed by atoms with van der Waals surface area (Å²) >= 11 is 0. The van der Waals surface area contributed by atoms with Gasteiger partial charge in [0.25, 0.3) is 0 Å². The normalized spacial score (nSPS) is 30.3. The maximum absolute atomic E-state index is 5.79. The van der Waals surface area contributed by atoms with Crippen LogP contribution in [0.1, 0.15) is 40.0 Å². The van der Waals surface area contributed by atoms with Crippen molar-refractivity contribution >= 4 is 0 Å². The Morgan fingerprint density at radius 1 is 1.60 bits per heavy atom. The molecule has 2 nitrogen and oxygen atoms in total. The van der Waals surface area contributed by atoms with Crippen molar-refractivity contribution < 1.29 is 4.74 Å². The Kier molecular flexibility index (Phi) is 3.06. The zero-order chi connectivity index (χ0) is 10.9. The van der Waals surface area contributed by atoms with Crippen molar-refractivity contribution in [3.8, 4) is 0 Å². The van der Waals surface area contributed by atoms with E-state index < -0.39 is 0 Å². The molecule has 15 heavy (non-hydrogen) atoms. The molecule has 2 heteroatoms. The molecule has 0 aromatic carbocycles. The first-order chi connectivity index (χ1) is 7.15. The lowest BCUT2D eigenvalue weighted by atomic mass is 10.0. The van der Waals surface area contributed by atoms with E-state index in [1.54, 1.807) is 0 Å². The fourth-order valence-corrected chi connectivity index (χ4v) is 2.53. The monoisotopic (exact) mass is 209 g/mol. The van der Waals surface area contributed by atoms with Crippen molar-refractivity contribution in [3.05, 3.63) is 11.8 Å². The molecule has 1 aliphatic heterocycles. The van der Waals surface area contributed by atoms with Crippen molar-refractivity contribution in [3.63, 3.8) is 0 Å². The van der Waals surface area contributed by atoms with Crippen LogP contribution in [0.3, 0.4) is 0 Å². The Hall–Kier alpha value is -0.500. The molecule has 0 bridgehead atoms. The lowest BCUT2D eigenvalue weighted by molar-refractivity contribution is 0.158. The molecule has 2 atom stereocenters. The lowest BCUT2D eigenvalue weighted by Gasteiger charge is -2.25. The quantitative estimate of drug-likeness (QED) is 0.768. The van der Waals surface area contributed by atoms with Gasteiger partial charge in [-0.3, -0.25) is 0 Å². The van der Waals surface area contributed by atoms with Crippen LogP contribution in [0.4, 0.5) is 0 Å². The standard InChI is InChI=1S/C13H23NO/c1-4-14-12(10-9-13(10,2)3)11-7-5-6-8-15-11/h7,10,12,14H,4-6,8-9H2,1-3H3. The highest BCUT2D eigenvalue weighted by molar-refractivity contribution is 5.15. The topological polar surface area (TPSA) is 21.3 Å². The molecule has 2 unspecified atom stereocenters. The van der Waals surface area contributed by atoms with Crippen LogP contribution in [0.2, 0.25) is 0 Å². The SMILES string of the molecule is CCNC(C1=CCCCO1)C1CC1(C)C. The second-order valence-electron chi connectivity index (χ2n) is 5.43. The van der Waals surface area contributed by atoms with Crippen LogP contribution in [0.25, 0.3) is 0 Å². The maximum Gasteiger partial charge on any atom is 0.109 e. The van der Waals surface area contributed by atoms with Gasteiger partial charge in [0.1, 0.15) is 5.76 Å². The van der Waals surface area contributed by atoms with Gasteiger partial charge in [0, 0.05) is 0 Å². The van der Waals surface area contributed by atoms with Crippen molar-refractivity contribution in [1.29, 1.82) is 0 Å². The van der Waals surface area contributed by atoms with Gasteiger partial charge in [-0.2, -0.15) is 0 Å². The van der Waals surface area contributed by atoms with Crippen LogP contribution < -0.4 is 5.32 Å². The molecule has 0 amide bonds. The number of nitrogens with one attached hydrogen (secondary N) is 1. The Morgan fingerprint density at radius 2 is 2.33 bits per heavy atom. The summed E-state index contributed by atoms with van der Waals surface area (Å²) in [5.74, 6) is 1.97. The summed E-state index contributed by atoms with van der Waals surface area (Å²) in [5, 5.41) is 3.58. The van der Waals surface area contributed by atoms with Crippen molar-refractivity contribution in [2.75, 3.05) is 13.2 Å². The first-order valence-electron chi connectivity index (χ1n) is 6.21. The van der Waals surface area contributed by atoms with E-state index in [9.17, 15) is 0 Å². The zero-order valence-electron chi connectivity index (χ0n) is 10.2. The van der Waals surface area contributed by atoms with Gasteiger partial charge in [-0.25, -0.2) is 0 Å². The second-order valence-corrected chi connectivity index (χ2v) is 5.43. The summed E-state index contributed by atoms with van der Waals surface area (Å²) in [6.45, 7) is 8.81. The number of rotatable bonds is 4.